The van der Waals surface area contributed by atoms with Crippen LogP contribution in [0.5, 0.6) is 0 Å². The number of piperazine rings is 1. The highest BCUT2D eigenvalue weighted by molar-refractivity contribution is 7.89. The first-order valence-corrected chi connectivity index (χ1v) is 12.7. The molecule has 1 aliphatic rings. The van der Waals surface area contributed by atoms with Crippen LogP contribution in [0.3, 0.4) is 0 Å². The van der Waals surface area contributed by atoms with Crippen LogP contribution >= 0.6 is 23.2 Å². The summed E-state index contributed by atoms with van der Waals surface area (Å²) in [6.45, 7) is 11.0. The lowest BCUT2D eigenvalue weighted by atomic mass is 10.0. The minimum absolute atomic E-state index is 0.216. The van der Waals surface area contributed by atoms with Crippen molar-refractivity contribution in [2.24, 2.45) is 0 Å². The van der Waals surface area contributed by atoms with E-state index in [9.17, 15) is 13.2 Å². The van der Waals surface area contributed by atoms with Crippen molar-refractivity contribution in [1.82, 2.24) is 9.21 Å². The van der Waals surface area contributed by atoms with Gasteiger partial charge in [-0.2, -0.15) is 4.31 Å². The summed E-state index contributed by atoms with van der Waals surface area (Å²) >= 11 is 12.1. The number of hydrogen-bond donors (Lipinski definition) is 1. The summed E-state index contributed by atoms with van der Waals surface area (Å²) in [6, 6.07) is 6.47. The molecule has 9 heteroatoms. The number of carbonyl (C=O) groups is 1. The van der Waals surface area contributed by atoms with Crippen molar-refractivity contribution in [3.05, 3.63) is 56.6 Å². The first kappa shape index (κ1) is 25.0. The lowest BCUT2D eigenvalue weighted by Gasteiger charge is -2.37. The first-order chi connectivity index (χ1) is 14.9. The lowest BCUT2D eigenvalue weighted by Crippen LogP contribution is -2.54. The predicted molar refractivity (Wildman–Crippen MR) is 130 cm³/mol. The van der Waals surface area contributed by atoms with E-state index < -0.39 is 16.1 Å². The van der Waals surface area contributed by atoms with Gasteiger partial charge in [-0.15, -0.1) is 0 Å². The van der Waals surface area contributed by atoms with Gasteiger partial charge in [-0.05, 0) is 75.1 Å². The summed E-state index contributed by atoms with van der Waals surface area (Å²) in [6.07, 6.45) is 0. The van der Waals surface area contributed by atoms with E-state index in [-0.39, 0.29) is 5.91 Å². The molecule has 3 rings (SSSR count). The zero-order valence-corrected chi connectivity index (χ0v) is 21.3. The number of hydrogen-bond acceptors (Lipinski definition) is 4. The van der Waals surface area contributed by atoms with Gasteiger partial charge in [-0.3, -0.25) is 9.69 Å². The molecule has 0 aromatic heterocycles. The van der Waals surface area contributed by atoms with Gasteiger partial charge in [0.1, 0.15) is 0 Å². The molecule has 0 saturated carbocycles. The van der Waals surface area contributed by atoms with Crippen LogP contribution in [-0.2, 0) is 14.8 Å². The fraction of sp³-hybridized carbons (Fsp3) is 0.435. The van der Waals surface area contributed by atoms with Crippen molar-refractivity contribution in [1.29, 1.82) is 0 Å². The highest BCUT2D eigenvalue weighted by atomic mass is 35.5. The van der Waals surface area contributed by atoms with Crippen molar-refractivity contribution in [2.45, 2.75) is 45.6 Å². The maximum atomic E-state index is 13.5. The number of sulfonamides is 1. The van der Waals surface area contributed by atoms with Gasteiger partial charge in [0.15, 0.2) is 0 Å². The van der Waals surface area contributed by atoms with E-state index >= 15 is 0 Å². The molecule has 1 N–H and O–H groups in total. The standard InChI is InChI=1S/C23H29Cl2N3O3S/c1-14-12-15(2)17(4)22(16(14)3)32(30,31)28-10-8-27(9-11-28)18(5)23(29)26-21-13-19(24)6-7-20(21)25/h6-7,12-13,18H,8-11H2,1-5H3,(H,26,29)/t18-/m0/s1. The van der Waals surface area contributed by atoms with Crippen LogP contribution in [0.1, 0.15) is 29.2 Å². The number of halogens is 2. The summed E-state index contributed by atoms with van der Waals surface area (Å²) in [5.41, 5.74) is 3.98. The molecular formula is C23H29Cl2N3O3S. The highest BCUT2D eigenvalue weighted by Crippen LogP contribution is 2.30. The second kappa shape index (κ2) is 9.69. The number of amides is 1. The van der Waals surface area contributed by atoms with Crippen molar-refractivity contribution in [3.8, 4) is 0 Å². The number of nitrogens with zero attached hydrogens (tertiary/aromatic N) is 2. The van der Waals surface area contributed by atoms with Gasteiger partial charge in [-0.25, -0.2) is 8.42 Å². The van der Waals surface area contributed by atoms with E-state index in [0.29, 0.717) is 46.8 Å². The Morgan fingerprint density at radius 3 is 2.09 bits per heavy atom. The number of anilines is 1. The molecule has 1 amide bonds. The highest BCUT2D eigenvalue weighted by Gasteiger charge is 2.34. The van der Waals surface area contributed by atoms with Crippen LogP contribution in [0.4, 0.5) is 5.69 Å². The van der Waals surface area contributed by atoms with Gasteiger partial charge in [0.05, 0.1) is 21.6 Å². The molecule has 0 aliphatic carbocycles. The molecule has 0 bridgehead atoms. The van der Waals surface area contributed by atoms with E-state index in [0.717, 1.165) is 22.3 Å². The molecule has 1 atom stereocenters. The largest absolute Gasteiger partial charge is 0.323 e. The van der Waals surface area contributed by atoms with Crippen molar-refractivity contribution in [2.75, 3.05) is 31.5 Å². The van der Waals surface area contributed by atoms with Gasteiger partial charge in [0, 0.05) is 31.2 Å². The van der Waals surface area contributed by atoms with Crippen LogP contribution in [0.2, 0.25) is 10.0 Å². The molecular weight excluding hydrogens is 469 g/mol. The third-order valence-corrected chi connectivity index (χ3v) is 9.02. The smallest absolute Gasteiger partial charge is 0.243 e. The summed E-state index contributed by atoms with van der Waals surface area (Å²) in [5.74, 6) is -0.216. The molecule has 32 heavy (non-hydrogen) atoms. The average molecular weight is 498 g/mol. The number of carbonyl (C=O) groups excluding carboxylic acids is 1. The van der Waals surface area contributed by atoms with Crippen LogP contribution in [0.25, 0.3) is 0 Å². The first-order valence-electron chi connectivity index (χ1n) is 10.5. The number of aryl methyl sites for hydroxylation is 2. The molecule has 0 unspecified atom stereocenters. The molecule has 6 nitrogen and oxygen atoms in total. The normalized spacial score (nSPS) is 16.7. The summed E-state index contributed by atoms with van der Waals surface area (Å²) < 4.78 is 28.4. The predicted octanol–water partition coefficient (Wildman–Crippen LogP) is 4.56. The minimum Gasteiger partial charge on any atom is -0.323 e. The van der Waals surface area contributed by atoms with Crippen LogP contribution in [0, 0.1) is 27.7 Å². The Bertz CT molecular complexity index is 1120. The van der Waals surface area contributed by atoms with Crippen molar-refractivity contribution in [3.63, 3.8) is 0 Å². The Morgan fingerprint density at radius 1 is 0.969 bits per heavy atom. The average Bonchev–Trinajstić information content (AvgIpc) is 2.74. The summed E-state index contributed by atoms with van der Waals surface area (Å²) in [7, 11) is -3.62. The molecule has 1 saturated heterocycles. The molecule has 2 aromatic carbocycles. The Balaban J connectivity index is 1.71. The zero-order chi connectivity index (χ0) is 23.8. The van der Waals surface area contributed by atoms with Gasteiger partial charge < -0.3 is 5.32 Å². The zero-order valence-electron chi connectivity index (χ0n) is 19.0. The quantitative estimate of drug-likeness (QED) is 0.656. The second-order valence-corrected chi connectivity index (χ2v) is 11.0. The third-order valence-electron chi connectivity index (χ3n) is 6.28. The lowest BCUT2D eigenvalue weighted by molar-refractivity contribution is -0.121. The maximum Gasteiger partial charge on any atom is 0.243 e. The Hall–Kier alpha value is -1.64. The SMILES string of the molecule is Cc1cc(C)c(C)c(S(=O)(=O)N2CCN([C@@H](C)C(=O)Nc3cc(Cl)ccc3Cl)CC2)c1C. The van der Waals surface area contributed by atoms with E-state index in [1.54, 1.807) is 25.1 Å². The molecule has 1 heterocycles. The maximum absolute atomic E-state index is 13.5. The molecule has 174 valence electrons. The van der Waals surface area contributed by atoms with Crippen molar-refractivity contribution < 1.29 is 13.2 Å². The minimum atomic E-state index is -3.62. The molecule has 1 aliphatic heterocycles. The number of benzene rings is 2. The van der Waals surface area contributed by atoms with Crippen LogP contribution in [-0.4, -0.2) is 55.8 Å². The van der Waals surface area contributed by atoms with Gasteiger partial charge in [0.2, 0.25) is 15.9 Å². The molecule has 2 aromatic rings. The number of nitrogens with one attached hydrogen (secondary N) is 1. The monoisotopic (exact) mass is 497 g/mol. The van der Waals surface area contributed by atoms with E-state index in [2.05, 4.69) is 5.32 Å². The van der Waals surface area contributed by atoms with E-state index in [1.165, 1.54) is 4.31 Å². The topological polar surface area (TPSA) is 69.7 Å². The molecule has 0 radical (unpaired) electrons. The van der Waals surface area contributed by atoms with Gasteiger partial charge in [0.25, 0.3) is 0 Å². The second-order valence-electron chi connectivity index (χ2n) is 8.32. The Kier molecular flexibility index (Phi) is 7.57. The Morgan fingerprint density at radius 2 is 1.53 bits per heavy atom. The third kappa shape index (κ3) is 4.97. The Labute approximate surface area is 200 Å². The van der Waals surface area contributed by atoms with Crippen LogP contribution in [0.15, 0.2) is 29.2 Å². The molecule has 1 fully saturated rings. The summed E-state index contributed by atoms with van der Waals surface area (Å²) in [4.78, 5) is 15.1. The van der Waals surface area contributed by atoms with E-state index in [1.807, 2.05) is 38.7 Å². The fourth-order valence-electron chi connectivity index (χ4n) is 4.02. The molecule has 0 spiro atoms. The van der Waals surface area contributed by atoms with Crippen molar-refractivity contribution >= 4 is 44.8 Å². The fourth-order valence-corrected chi connectivity index (χ4v) is 6.36. The van der Waals surface area contributed by atoms with Gasteiger partial charge >= 0.3 is 0 Å². The number of rotatable bonds is 5. The van der Waals surface area contributed by atoms with Crippen LogP contribution < -0.4 is 5.32 Å². The summed E-state index contributed by atoms with van der Waals surface area (Å²) in [5, 5.41) is 3.70. The van der Waals surface area contributed by atoms with E-state index in [4.69, 9.17) is 23.2 Å². The van der Waals surface area contributed by atoms with Gasteiger partial charge in [-0.1, -0.05) is 29.3 Å².